The Labute approximate surface area is 104 Å². The second kappa shape index (κ2) is 5.06. The van der Waals surface area contributed by atoms with Crippen LogP contribution in [0.4, 0.5) is 10.1 Å². The summed E-state index contributed by atoms with van der Waals surface area (Å²) in [5.74, 6) is -0.188. The summed E-state index contributed by atoms with van der Waals surface area (Å²) in [6, 6.07) is 11.1. The fourth-order valence-electron chi connectivity index (χ4n) is 1.49. The van der Waals surface area contributed by atoms with E-state index in [1.807, 2.05) is 0 Å². The molecular formula is C13H11ClFNO. The van der Waals surface area contributed by atoms with Crippen molar-refractivity contribution in [2.24, 2.45) is 0 Å². The Balaban J connectivity index is 2.12. The molecular weight excluding hydrogens is 241 g/mol. The van der Waals surface area contributed by atoms with Crippen molar-refractivity contribution in [2.75, 3.05) is 5.32 Å². The minimum absolute atomic E-state index is 0.137. The average molecular weight is 252 g/mol. The van der Waals surface area contributed by atoms with Crippen LogP contribution in [0.2, 0.25) is 5.02 Å². The van der Waals surface area contributed by atoms with E-state index in [0.717, 1.165) is 0 Å². The number of rotatable bonds is 3. The van der Waals surface area contributed by atoms with Crippen LogP contribution in [0.3, 0.4) is 0 Å². The van der Waals surface area contributed by atoms with Gasteiger partial charge in [0.15, 0.2) is 0 Å². The number of phenolic OH excluding ortho intramolecular Hbond substituents is 1. The van der Waals surface area contributed by atoms with Crippen LogP contribution in [0.5, 0.6) is 5.75 Å². The number of benzene rings is 2. The van der Waals surface area contributed by atoms with E-state index in [1.165, 1.54) is 12.1 Å². The molecule has 2 rings (SSSR count). The van der Waals surface area contributed by atoms with Crippen LogP contribution in [0.15, 0.2) is 42.5 Å². The zero-order valence-corrected chi connectivity index (χ0v) is 9.71. The number of hydrogen-bond donors (Lipinski definition) is 2. The van der Waals surface area contributed by atoms with Crippen LogP contribution in [-0.4, -0.2) is 5.11 Å². The molecule has 17 heavy (non-hydrogen) atoms. The summed E-state index contributed by atoms with van der Waals surface area (Å²) in [5.41, 5.74) is 1.02. The Kier molecular flexibility index (Phi) is 3.49. The summed E-state index contributed by atoms with van der Waals surface area (Å²) in [4.78, 5) is 0. The van der Waals surface area contributed by atoms with Crippen LogP contribution in [0.1, 0.15) is 5.56 Å². The Bertz CT molecular complexity index is 531. The summed E-state index contributed by atoms with van der Waals surface area (Å²) < 4.78 is 13.3. The molecule has 2 aromatic rings. The predicted octanol–water partition coefficient (Wildman–Crippen LogP) is 3.80. The fraction of sp³-hybridized carbons (Fsp3) is 0.0769. The molecule has 0 aliphatic rings. The Morgan fingerprint density at radius 3 is 2.71 bits per heavy atom. The summed E-state index contributed by atoms with van der Waals surface area (Å²) in [6.07, 6.45) is 0. The van der Waals surface area contributed by atoms with Crippen molar-refractivity contribution in [1.82, 2.24) is 0 Å². The van der Waals surface area contributed by atoms with E-state index >= 15 is 0 Å². The Morgan fingerprint density at radius 2 is 1.94 bits per heavy atom. The first-order valence-corrected chi connectivity index (χ1v) is 5.50. The molecule has 4 heteroatoms. The van der Waals surface area contributed by atoms with Crippen molar-refractivity contribution in [1.29, 1.82) is 0 Å². The van der Waals surface area contributed by atoms with Gasteiger partial charge in [-0.2, -0.15) is 0 Å². The van der Waals surface area contributed by atoms with Crippen LogP contribution in [-0.2, 0) is 6.54 Å². The standard InChI is InChI=1S/C13H11ClFNO/c14-10-5-6-13(17)9(7-10)8-16-12-4-2-1-3-11(12)15/h1-7,16-17H,8H2. The Morgan fingerprint density at radius 1 is 1.18 bits per heavy atom. The zero-order chi connectivity index (χ0) is 12.3. The summed E-state index contributed by atoms with van der Waals surface area (Å²) >= 11 is 5.82. The maximum Gasteiger partial charge on any atom is 0.146 e. The first-order valence-electron chi connectivity index (χ1n) is 5.12. The molecule has 0 saturated carbocycles. The van der Waals surface area contributed by atoms with Crippen molar-refractivity contribution < 1.29 is 9.50 Å². The van der Waals surface area contributed by atoms with Crippen LogP contribution < -0.4 is 5.32 Å². The zero-order valence-electron chi connectivity index (χ0n) is 8.95. The van der Waals surface area contributed by atoms with E-state index in [9.17, 15) is 9.50 Å². The largest absolute Gasteiger partial charge is 0.508 e. The Hall–Kier alpha value is -1.74. The molecule has 0 amide bonds. The fourth-order valence-corrected chi connectivity index (χ4v) is 1.69. The van der Waals surface area contributed by atoms with E-state index in [0.29, 0.717) is 22.8 Å². The number of para-hydroxylation sites is 1. The monoisotopic (exact) mass is 251 g/mol. The van der Waals surface area contributed by atoms with Crippen molar-refractivity contribution in [3.8, 4) is 5.75 Å². The van der Waals surface area contributed by atoms with Gasteiger partial charge in [-0.1, -0.05) is 23.7 Å². The van der Waals surface area contributed by atoms with E-state index in [4.69, 9.17) is 11.6 Å². The van der Waals surface area contributed by atoms with Crippen molar-refractivity contribution >= 4 is 17.3 Å². The molecule has 0 aliphatic carbocycles. The van der Waals surface area contributed by atoms with Crippen molar-refractivity contribution in [3.05, 3.63) is 58.9 Å². The van der Waals surface area contributed by atoms with Crippen LogP contribution in [0.25, 0.3) is 0 Å². The third-order valence-electron chi connectivity index (χ3n) is 2.38. The number of nitrogens with one attached hydrogen (secondary N) is 1. The molecule has 2 aromatic carbocycles. The van der Waals surface area contributed by atoms with Gasteiger partial charge in [0.25, 0.3) is 0 Å². The van der Waals surface area contributed by atoms with Gasteiger partial charge in [-0.05, 0) is 30.3 Å². The van der Waals surface area contributed by atoms with Gasteiger partial charge in [-0.3, -0.25) is 0 Å². The third-order valence-corrected chi connectivity index (χ3v) is 2.62. The first-order chi connectivity index (χ1) is 8.16. The van der Waals surface area contributed by atoms with E-state index in [-0.39, 0.29) is 11.6 Å². The average Bonchev–Trinajstić information content (AvgIpc) is 2.32. The minimum atomic E-state index is -0.325. The van der Waals surface area contributed by atoms with Gasteiger partial charge in [0.2, 0.25) is 0 Å². The molecule has 0 radical (unpaired) electrons. The molecule has 0 atom stereocenters. The van der Waals surface area contributed by atoms with Gasteiger partial charge in [0.1, 0.15) is 11.6 Å². The smallest absolute Gasteiger partial charge is 0.146 e. The van der Waals surface area contributed by atoms with Gasteiger partial charge >= 0.3 is 0 Å². The van der Waals surface area contributed by atoms with E-state index in [1.54, 1.807) is 30.3 Å². The van der Waals surface area contributed by atoms with Gasteiger partial charge in [0.05, 0.1) is 5.69 Å². The van der Waals surface area contributed by atoms with Crippen molar-refractivity contribution in [3.63, 3.8) is 0 Å². The van der Waals surface area contributed by atoms with Gasteiger partial charge in [-0.25, -0.2) is 4.39 Å². The minimum Gasteiger partial charge on any atom is -0.508 e. The topological polar surface area (TPSA) is 32.3 Å². The lowest BCUT2D eigenvalue weighted by atomic mass is 10.2. The molecule has 0 heterocycles. The van der Waals surface area contributed by atoms with Crippen molar-refractivity contribution in [2.45, 2.75) is 6.54 Å². The molecule has 0 aliphatic heterocycles. The molecule has 2 nitrogen and oxygen atoms in total. The van der Waals surface area contributed by atoms with Gasteiger partial charge < -0.3 is 10.4 Å². The molecule has 0 unspecified atom stereocenters. The van der Waals surface area contributed by atoms with Gasteiger partial charge in [-0.15, -0.1) is 0 Å². The highest BCUT2D eigenvalue weighted by molar-refractivity contribution is 6.30. The highest BCUT2D eigenvalue weighted by Gasteiger charge is 2.04. The maximum atomic E-state index is 13.3. The van der Waals surface area contributed by atoms with Crippen LogP contribution in [0, 0.1) is 5.82 Å². The SMILES string of the molecule is Oc1ccc(Cl)cc1CNc1ccccc1F. The molecule has 0 saturated heterocycles. The summed E-state index contributed by atoms with van der Waals surface area (Å²) in [5, 5.41) is 13.0. The summed E-state index contributed by atoms with van der Waals surface area (Å²) in [7, 11) is 0. The first kappa shape index (κ1) is 11.7. The van der Waals surface area contributed by atoms with Crippen LogP contribution >= 0.6 is 11.6 Å². The molecule has 0 bridgehead atoms. The number of anilines is 1. The highest BCUT2D eigenvalue weighted by atomic mass is 35.5. The second-order valence-electron chi connectivity index (χ2n) is 3.61. The third kappa shape index (κ3) is 2.88. The molecule has 2 N–H and O–H groups in total. The predicted molar refractivity (Wildman–Crippen MR) is 66.8 cm³/mol. The number of halogens is 2. The maximum absolute atomic E-state index is 13.3. The van der Waals surface area contributed by atoms with E-state index < -0.39 is 0 Å². The lowest BCUT2D eigenvalue weighted by Gasteiger charge is -2.09. The molecule has 0 aromatic heterocycles. The quantitative estimate of drug-likeness (QED) is 0.870. The number of hydrogen-bond acceptors (Lipinski definition) is 2. The number of phenols is 1. The lowest BCUT2D eigenvalue weighted by molar-refractivity contribution is 0.469. The molecule has 88 valence electrons. The number of aromatic hydroxyl groups is 1. The second-order valence-corrected chi connectivity index (χ2v) is 4.04. The molecule has 0 spiro atoms. The normalized spacial score (nSPS) is 10.2. The molecule has 0 fully saturated rings. The summed E-state index contributed by atoms with van der Waals surface area (Å²) in [6.45, 7) is 0.313. The lowest BCUT2D eigenvalue weighted by Crippen LogP contribution is -2.01. The highest BCUT2D eigenvalue weighted by Crippen LogP contribution is 2.23. The van der Waals surface area contributed by atoms with E-state index in [2.05, 4.69) is 5.32 Å². The van der Waals surface area contributed by atoms with Gasteiger partial charge in [0, 0.05) is 17.1 Å².